The Morgan fingerprint density at radius 1 is 1.20 bits per heavy atom. The van der Waals surface area contributed by atoms with E-state index >= 15 is 0 Å². The lowest BCUT2D eigenvalue weighted by atomic mass is 9.96. The standard InChI is InChI=1S/C21H17N5O3S/c22-10-15-14-6-2-4-8-17(14)30-21(15)25-19(28)20(29)26-23-11-13-9-12-5-1-3-7-16(12)24-18(13)27/h1,3,5,7,9,11H,2,4,6,8H2,(H,24,27)(H,25,28)(H,26,29)/b23-11-. The molecule has 1 aliphatic carbocycles. The minimum atomic E-state index is -0.987. The van der Waals surface area contributed by atoms with Crippen LogP contribution in [0.25, 0.3) is 10.9 Å². The predicted molar refractivity (Wildman–Crippen MR) is 115 cm³/mol. The molecule has 0 aliphatic heterocycles. The van der Waals surface area contributed by atoms with E-state index < -0.39 is 11.8 Å². The minimum absolute atomic E-state index is 0.243. The van der Waals surface area contributed by atoms with Crippen LogP contribution in [0.1, 0.15) is 34.4 Å². The molecule has 1 aromatic carbocycles. The molecule has 3 aromatic rings. The first-order valence-electron chi connectivity index (χ1n) is 9.38. The number of H-pyrrole nitrogens is 1. The number of nitrogens with one attached hydrogen (secondary N) is 3. The summed E-state index contributed by atoms with van der Waals surface area (Å²) in [6, 6.07) is 11.0. The fourth-order valence-corrected chi connectivity index (χ4v) is 4.64. The number of fused-ring (bicyclic) bond motifs is 2. The van der Waals surface area contributed by atoms with E-state index in [2.05, 4.69) is 26.9 Å². The summed E-state index contributed by atoms with van der Waals surface area (Å²) in [6.07, 6.45) is 4.92. The van der Waals surface area contributed by atoms with Gasteiger partial charge in [-0.25, -0.2) is 5.43 Å². The van der Waals surface area contributed by atoms with Crippen LogP contribution in [-0.4, -0.2) is 23.0 Å². The van der Waals surface area contributed by atoms with Gasteiger partial charge in [-0.2, -0.15) is 10.4 Å². The van der Waals surface area contributed by atoms with Crippen molar-refractivity contribution in [2.45, 2.75) is 25.7 Å². The molecule has 9 heteroatoms. The number of hydrogen-bond donors (Lipinski definition) is 3. The number of nitrogens with zero attached hydrogens (tertiary/aromatic N) is 2. The highest BCUT2D eigenvalue weighted by Crippen LogP contribution is 2.37. The molecular weight excluding hydrogens is 402 g/mol. The van der Waals surface area contributed by atoms with Crippen molar-refractivity contribution >= 4 is 45.3 Å². The van der Waals surface area contributed by atoms with Crippen LogP contribution in [-0.2, 0) is 22.4 Å². The molecule has 0 unspecified atom stereocenters. The van der Waals surface area contributed by atoms with Gasteiger partial charge in [0.25, 0.3) is 5.56 Å². The summed E-state index contributed by atoms with van der Waals surface area (Å²) >= 11 is 1.34. The third-order valence-corrected chi connectivity index (χ3v) is 6.08. The van der Waals surface area contributed by atoms with Gasteiger partial charge in [0.1, 0.15) is 11.1 Å². The van der Waals surface area contributed by atoms with Gasteiger partial charge >= 0.3 is 11.8 Å². The summed E-state index contributed by atoms with van der Waals surface area (Å²) in [4.78, 5) is 40.2. The van der Waals surface area contributed by atoms with Crippen LogP contribution in [0.5, 0.6) is 0 Å². The van der Waals surface area contributed by atoms with Crippen LogP contribution in [0.15, 0.2) is 40.2 Å². The van der Waals surface area contributed by atoms with Gasteiger partial charge < -0.3 is 10.3 Å². The number of nitriles is 1. The van der Waals surface area contributed by atoms with Crippen molar-refractivity contribution in [3.8, 4) is 6.07 Å². The van der Waals surface area contributed by atoms with E-state index in [0.717, 1.165) is 41.5 Å². The number of amides is 2. The molecule has 0 radical (unpaired) electrons. The highest BCUT2D eigenvalue weighted by molar-refractivity contribution is 7.16. The van der Waals surface area contributed by atoms with Crippen molar-refractivity contribution in [3.63, 3.8) is 0 Å². The first-order chi connectivity index (χ1) is 14.6. The summed E-state index contributed by atoms with van der Waals surface area (Å²) in [5.74, 6) is -1.91. The van der Waals surface area contributed by atoms with Crippen molar-refractivity contribution in [1.82, 2.24) is 10.4 Å². The Balaban J connectivity index is 1.44. The summed E-state index contributed by atoms with van der Waals surface area (Å²) in [5, 5.41) is 16.9. The number of aromatic nitrogens is 1. The van der Waals surface area contributed by atoms with Gasteiger partial charge in [0, 0.05) is 10.4 Å². The van der Waals surface area contributed by atoms with Gasteiger partial charge in [-0.3, -0.25) is 14.4 Å². The van der Waals surface area contributed by atoms with Crippen molar-refractivity contribution < 1.29 is 9.59 Å². The number of carbonyl (C=O) groups is 2. The van der Waals surface area contributed by atoms with Crippen LogP contribution < -0.4 is 16.3 Å². The molecule has 30 heavy (non-hydrogen) atoms. The molecule has 2 heterocycles. The van der Waals surface area contributed by atoms with Crippen molar-refractivity contribution in [1.29, 1.82) is 5.26 Å². The highest BCUT2D eigenvalue weighted by Gasteiger charge is 2.23. The maximum Gasteiger partial charge on any atom is 0.329 e. The zero-order valence-electron chi connectivity index (χ0n) is 15.8. The lowest BCUT2D eigenvalue weighted by molar-refractivity contribution is -0.136. The number of thiophene rings is 1. The SMILES string of the molecule is N#Cc1c(NC(=O)C(=O)N/N=C\c2cc3ccccc3[nH]c2=O)sc2c1CCCC2. The molecule has 2 aromatic heterocycles. The van der Waals surface area contributed by atoms with Crippen molar-refractivity contribution in [3.05, 3.63) is 62.3 Å². The van der Waals surface area contributed by atoms with Gasteiger partial charge in [-0.15, -0.1) is 11.3 Å². The zero-order chi connectivity index (χ0) is 21.1. The largest absolute Gasteiger partial charge is 0.329 e. The number of para-hydroxylation sites is 1. The monoisotopic (exact) mass is 419 g/mol. The number of hydrogen-bond acceptors (Lipinski definition) is 6. The highest BCUT2D eigenvalue weighted by atomic mass is 32.1. The van der Waals surface area contributed by atoms with Gasteiger partial charge in [-0.05, 0) is 48.8 Å². The molecule has 3 N–H and O–H groups in total. The lowest BCUT2D eigenvalue weighted by Crippen LogP contribution is -2.32. The Morgan fingerprint density at radius 3 is 2.83 bits per heavy atom. The van der Waals surface area contributed by atoms with E-state index in [9.17, 15) is 19.6 Å². The smallest absolute Gasteiger partial charge is 0.321 e. The van der Waals surface area contributed by atoms with Crippen LogP contribution in [0, 0.1) is 11.3 Å². The summed E-state index contributed by atoms with van der Waals surface area (Å²) in [7, 11) is 0. The molecule has 2 amide bonds. The lowest BCUT2D eigenvalue weighted by Gasteiger charge is -2.09. The van der Waals surface area contributed by atoms with Crippen LogP contribution >= 0.6 is 11.3 Å². The van der Waals surface area contributed by atoms with Gasteiger partial charge in [0.15, 0.2) is 0 Å². The Hall–Kier alpha value is -3.77. The van der Waals surface area contributed by atoms with E-state index in [0.29, 0.717) is 16.1 Å². The zero-order valence-corrected chi connectivity index (χ0v) is 16.6. The number of carbonyl (C=O) groups excluding carboxylic acids is 2. The molecular formula is C21H17N5O3S. The quantitative estimate of drug-likeness (QED) is 0.342. The van der Waals surface area contributed by atoms with Crippen LogP contribution in [0.4, 0.5) is 5.00 Å². The van der Waals surface area contributed by atoms with Crippen LogP contribution in [0.2, 0.25) is 0 Å². The van der Waals surface area contributed by atoms with E-state index in [1.807, 2.05) is 18.2 Å². The average Bonchev–Trinajstić information content (AvgIpc) is 3.10. The molecule has 150 valence electrons. The first-order valence-corrected chi connectivity index (χ1v) is 10.2. The molecule has 0 saturated heterocycles. The third kappa shape index (κ3) is 3.86. The molecule has 0 saturated carbocycles. The minimum Gasteiger partial charge on any atom is -0.321 e. The van der Waals surface area contributed by atoms with Crippen molar-refractivity contribution in [2.75, 3.05) is 5.32 Å². The number of pyridine rings is 1. The van der Waals surface area contributed by atoms with Crippen LogP contribution in [0.3, 0.4) is 0 Å². The first kappa shape index (κ1) is 19.5. The van der Waals surface area contributed by atoms with Gasteiger partial charge in [0.05, 0.1) is 17.3 Å². The van der Waals surface area contributed by atoms with Crippen molar-refractivity contribution in [2.24, 2.45) is 5.10 Å². The molecule has 4 rings (SSSR count). The summed E-state index contributed by atoms with van der Waals surface area (Å²) in [6.45, 7) is 0. The number of rotatable bonds is 3. The maximum absolute atomic E-state index is 12.2. The molecule has 0 fully saturated rings. The van der Waals surface area contributed by atoms with E-state index in [1.54, 1.807) is 12.1 Å². The van der Waals surface area contributed by atoms with E-state index in [-0.39, 0.29) is 11.1 Å². The second-order valence-electron chi connectivity index (χ2n) is 6.82. The number of anilines is 1. The Morgan fingerprint density at radius 2 is 2.00 bits per heavy atom. The molecule has 0 bridgehead atoms. The normalized spacial score (nSPS) is 13.0. The fourth-order valence-electron chi connectivity index (χ4n) is 3.40. The topological polar surface area (TPSA) is 127 Å². The second-order valence-corrected chi connectivity index (χ2v) is 7.93. The predicted octanol–water partition coefficient (Wildman–Crippen LogP) is 2.43. The average molecular weight is 419 g/mol. The summed E-state index contributed by atoms with van der Waals surface area (Å²) in [5.41, 5.74) is 4.09. The second kappa shape index (κ2) is 8.31. The Bertz CT molecular complexity index is 1280. The van der Waals surface area contributed by atoms with E-state index in [4.69, 9.17) is 0 Å². The molecule has 0 spiro atoms. The molecule has 1 aliphatic rings. The third-order valence-electron chi connectivity index (χ3n) is 4.87. The number of benzene rings is 1. The van der Waals surface area contributed by atoms with Gasteiger partial charge in [0.2, 0.25) is 0 Å². The maximum atomic E-state index is 12.2. The Labute approximate surface area is 175 Å². The fraction of sp³-hybridized carbons (Fsp3) is 0.190. The summed E-state index contributed by atoms with van der Waals surface area (Å²) < 4.78 is 0. The number of hydrazone groups is 1. The Kier molecular flexibility index (Phi) is 5.41. The number of aryl methyl sites for hydroxylation is 1. The molecule has 0 atom stereocenters. The van der Waals surface area contributed by atoms with Gasteiger partial charge in [-0.1, -0.05) is 18.2 Å². The number of aromatic amines is 1. The van der Waals surface area contributed by atoms with E-state index in [1.165, 1.54) is 17.6 Å². The molecule has 8 nitrogen and oxygen atoms in total.